The van der Waals surface area contributed by atoms with Gasteiger partial charge in [0.15, 0.2) is 0 Å². The number of fused-ring (bicyclic) bond motifs is 1. The first-order chi connectivity index (χ1) is 9.02. The van der Waals surface area contributed by atoms with E-state index in [4.69, 9.17) is 0 Å². The maximum atomic E-state index is 12.1. The van der Waals surface area contributed by atoms with Crippen molar-refractivity contribution in [2.24, 2.45) is 0 Å². The molecule has 2 atom stereocenters. The standard InChI is InChI=1S/C14H17NO3S/c1-9(16)10(2)19-8-7-15-13(17)11-5-3-4-6-12(11)14(15)18/h3-6,9-10,16H,7-8H2,1-2H3. The van der Waals surface area contributed by atoms with Gasteiger partial charge >= 0.3 is 0 Å². The molecule has 2 amide bonds. The van der Waals surface area contributed by atoms with E-state index in [0.29, 0.717) is 23.4 Å². The predicted octanol–water partition coefficient (Wildman–Crippen LogP) is 1.79. The molecule has 0 fully saturated rings. The third kappa shape index (κ3) is 2.82. The molecule has 1 aromatic rings. The Morgan fingerprint density at radius 3 is 2.16 bits per heavy atom. The Balaban J connectivity index is 1.97. The molecule has 0 bridgehead atoms. The summed E-state index contributed by atoms with van der Waals surface area (Å²) in [5, 5.41) is 9.48. The molecular weight excluding hydrogens is 262 g/mol. The lowest BCUT2D eigenvalue weighted by Gasteiger charge is -2.17. The maximum absolute atomic E-state index is 12.1. The van der Waals surface area contributed by atoms with E-state index in [2.05, 4.69) is 0 Å². The van der Waals surface area contributed by atoms with Gasteiger partial charge in [-0.2, -0.15) is 11.8 Å². The molecule has 0 spiro atoms. The topological polar surface area (TPSA) is 57.6 Å². The molecule has 1 aliphatic rings. The molecule has 0 aliphatic carbocycles. The van der Waals surface area contributed by atoms with Crippen molar-refractivity contribution >= 4 is 23.6 Å². The van der Waals surface area contributed by atoms with Crippen LogP contribution in [0.2, 0.25) is 0 Å². The van der Waals surface area contributed by atoms with E-state index >= 15 is 0 Å². The summed E-state index contributed by atoms with van der Waals surface area (Å²) in [5.41, 5.74) is 0.974. The Bertz CT molecular complexity index is 466. The van der Waals surface area contributed by atoms with Crippen molar-refractivity contribution in [1.82, 2.24) is 4.90 Å². The number of hydrogen-bond donors (Lipinski definition) is 1. The van der Waals surface area contributed by atoms with Crippen LogP contribution in [0, 0.1) is 0 Å². The third-order valence-corrected chi connectivity index (χ3v) is 4.59. The minimum atomic E-state index is -0.396. The van der Waals surface area contributed by atoms with Gasteiger partial charge in [0.25, 0.3) is 11.8 Å². The number of rotatable bonds is 5. The molecule has 1 aliphatic heterocycles. The first-order valence-corrected chi connectivity index (χ1v) is 7.32. The van der Waals surface area contributed by atoms with Gasteiger partial charge in [-0.25, -0.2) is 0 Å². The monoisotopic (exact) mass is 279 g/mol. The molecule has 19 heavy (non-hydrogen) atoms. The van der Waals surface area contributed by atoms with Crippen molar-refractivity contribution in [3.63, 3.8) is 0 Å². The Morgan fingerprint density at radius 2 is 1.68 bits per heavy atom. The van der Waals surface area contributed by atoms with Crippen LogP contribution >= 0.6 is 11.8 Å². The summed E-state index contributed by atoms with van der Waals surface area (Å²) in [6, 6.07) is 6.89. The van der Waals surface area contributed by atoms with E-state index in [0.717, 1.165) is 0 Å². The Morgan fingerprint density at radius 1 is 1.16 bits per heavy atom. The minimum absolute atomic E-state index is 0.0928. The Hall–Kier alpha value is -1.33. The molecule has 4 nitrogen and oxygen atoms in total. The molecule has 5 heteroatoms. The number of imide groups is 1. The SMILES string of the molecule is CC(O)C(C)SCCN1C(=O)c2ccccc2C1=O. The Kier molecular flexibility index (Phi) is 4.27. The first-order valence-electron chi connectivity index (χ1n) is 6.27. The lowest BCUT2D eigenvalue weighted by molar-refractivity contribution is 0.0664. The number of amides is 2. The highest BCUT2D eigenvalue weighted by Crippen LogP contribution is 2.23. The van der Waals surface area contributed by atoms with Crippen LogP contribution in [0.15, 0.2) is 24.3 Å². The van der Waals surface area contributed by atoms with Gasteiger partial charge in [0.05, 0.1) is 17.2 Å². The summed E-state index contributed by atoms with van der Waals surface area (Å²) in [6.45, 7) is 4.05. The number of thioether (sulfide) groups is 1. The zero-order valence-corrected chi connectivity index (χ0v) is 11.8. The molecule has 1 N–H and O–H groups in total. The van der Waals surface area contributed by atoms with Crippen LogP contribution in [0.5, 0.6) is 0 Å². The van der Waals surface area contributed by atoms with Crippen molar-refractivity contribution in [2.75, 3.05) is 12.3 Å². The van der Waals surface area contributed by atoms with Crippen molar-refractivity contribution in [2.45, 2.75) is 25.2 Å². The predicted molar refractivity (Wildman–Crippen MR) is 75.4 cm³/mol. The number of nitrogens with zero attached hydrogens (tertiary/aromatic N) is 1. The van der Waals surface area contributed by atoms with E-state index in [1.165, 1.54) is 4.90 Å². The van der Waals surface area contributed by atoms with Gasteiger partial charge in [0.1, 0.15) is 0 Å². The van der Waals surface area contributed by atoms with E-state index < -0.39 is 6.10 Å². The lowest BCUT2D eigenvalue weighted by atomic mass is 10.1. The normalized spacial score (nSPS) is 17.5. The number of hydrogen-bond acceptors (Lipinski definition) is 4. The number of benzene rings is 1. The lowest BCUT2D eigenvalue weighted by Crippen LogP contribution is -2.32. The first kappa shape index (κ1) is 14.1. The van der Waals surface area contributed by atoms with Crippen molar-refractivity contribution < 1.29 is 14.7 Å². The van der Waals surface area contributed by atoms with E-state index in [1.807, 2.05) is 6.92 Å². The summed E-state index contributed by atoms with van der Waals surface area (Å²) >= 11 is 1.56. The number of carbonyl (C=O) groups is 2. The largest absolute Gasteiger partial charge is 0.392 e. The van der Waals surface area contributed by atoms with Gasteiger partial charge in [-0.05, 0) is 19.1 Å². The van der Waals surface area contributed by atoms with E-state index in [9.17, 15) is 14.7 Å². The van der Waals surface area contributed by atoms with Crippen LogP contribution in [0.1, 0.15) is 34.6 Å². The van der Waals surface area contributed by atoms with Crippen LogP contribution in [-0.2, 0) is 0 Å². The van der Waals surface area contributed by atoms with E-state index in [1.54, 1.807) is 43.0 Å². The highest BCUT2D eigenvalue weighted by Gasteiger charge is 2.34. The molecule has 0 aromatic heterocycles. The summed E-state index contributed by atoms with van der Waals surface area (Å²) in [5.74, 6) is 0.203. The van der Waals surface area contributed by atoms with Gasteiger partial charge < -0.3 is 5.11 Å². The second-order valence-electron chi connectivity index (χ2n) is 4.62. The zero-order chi connectivity index (χ0) is 14.0. The summed E-state index contributed by atoms with van der Waals surface area (Å²) in [4.78, 5) is 25.4. The number of aliphatic hydroxyl groups excluding tert-OH is 1. The van der Waals surface area contributed by atoms with Crippen molar-refractivity contribution in [3.8, 4) is 0 Å². The van der Waals surface area contributed by atoms with E-state index in [-0.39, 0.29) is 17.1 Å². The second-order valence-corrected chi connectivity index (χ2v) is 6.11. The summed E-state index contributed by atoms with van der Waals surface area (Å²) in [7, 11) is 0. The fourth-order valence-corrected chi connectivity index (χ4v) is 2.85. The maximum Gasteiger partial charge on any atom is 0.261 e. The smallest absolute Gasteiger partial charge is 0.261 e. The van der Waals surface area contributed by atoms with Crippen LogP contribution in [-0.4, -0.2) is 45.5 Å². The molecule has 0 radical (unpaired) electrons. The molecule has 102 valence electrons. The Labute approximate surface area is 116 Å². The van der Waals surface area contributed by atoms with Crippen LogP contribution in [0.4, 0.5) is 0 Å². The summed E-state index contributed by atoms with van der Waals surface area (Å²) in [6.07, 6.45) is -0.396. The molecule has 1 heterocycles. The van der Waals surface area contributed by atoms with Gasteiger partial charge in [0, 0.05) is 17.5 Å². The highest BCUT2D eigenvalue weighted by atomic mass is 32.2. The minimum Gasteiger partial charge on any atom is -0.392 e. The molecule has 2 rings (SSSR count). The van der Waals surface area contributed by atoms with Crippen molar-refractivity contribution in [1.29, 1.82) is 0 Å². The highest BCUT2D eigenvalue weighted by molar-refractivity contribution is 7.99. The fourth-order valence-electron chi connectivity index (χ4n) is 1.91. The quantitative estimate of drug-likeness (QED) is 0.835. The third-order valence-electron chi connectivity index (χ3n) is 3.25. The van der Waals surface area contributed by atoms with Crippen LogP contribution in [0.3, 0.4) is 0 Å². The fraction of sp³-hybridized carbons (Fsp3) is 0.429. The summed E-state index contributed by atoms with van der Waals surface area (Å²) < 4.78 is 0. The van der Waals surface area contributed by atoms with Crippen LogP contribution < -0.4 is 0 Å². The van der Waals surface area contributed by atoms with Gasteiger partial charge in [-0.1, -0.05) is 19.1 Å². The number of carbonyl (C=O) groups excluding carboxylic acids is 2. The van der Waals surface area contributed by atoms with Crippen LogP contribution in [0.25, 0.3) is 0 Å². The number of aliphatic hydroxyl groups is 1. The molecule has 0 saturated heterocycles. The van der Waals surface area contributed by atoms with Crippen molar-refractivity contribution in [3.05, 3.63) is 35.4 Å². The second kappa shape index (κ2) is 5.75. The average Bonchev–Trinajstić information content (AvgIpc) is 2.64. The zero-order valence-electron chi connectivity index (χ0n) is 11.0. The molecule has 2 unspecified atom stereocenters. The van der Waals surface area contributed by atoms with Gasteiger partial charge in [-0.3, -0.25) is 14.5 Å². The average molecular weight is 279 g/mol. The molecule has 1 aromatic carbocycles. The van der Waals surface area contributed by atoms with Gasteiger partial charge in [-0.15, -0.1) is 0 Å². The molecule has 0 saturated carbocycles. The molecular formula is C14H17NO3S. The van der Waals surface area contributed by atoms with Gasteiger partial charge in [0.2, 0.25) is 0 Å².